The van der Waals surface area contributed by atoms with Crippen molar-refractivity contribution in [1.82, 2.24) is 15.0 Å². The third-order valence-electron chi connectivity index (χ3n) is 5.88. The van der Waals surface area contributed by atoms with E-state index in [4.69, 9.17) is 14.7 Å². The van der Waals surface area contributed by atoms with Crippen molar-refractivity contribution in [3.05, 3.63) is 70.7 Å². The Morgan fingerprint density at radius 2 is 1.90 bits per heavy atom. The first kappa shape index (κ1) is 21.2. The van der Waals surface area contributed by atoms with Crippen LogP contribution >= 0.6 is 0 Å². The number of aryl methyl sites for hydroxylation is 3. The molecule has 0 amide bonds. The fraction of sp³-hybridized carbons (Fsp3) is 0.400. The predicted octanol–water partition coefficient (Wildman–Crippen LogP) is 5.78. The molecule has 2 heterocycles. The molecule has 162 valence electrons. The maximum Gasteiger partial charge on any atom is 0.243 e. The van der Waals surface area contributed by atoms with Crippen LogP contribution < -0.4 is 10.1 Å². The van der Waals surface area contributed by atoms with Crippen molar-refractivity contribution in [3.8, 4) is 11.8 Å². The number of nitrogens with zero attached hydrogens (tertiary/aromatic N) is 3. The van der Waals surface area contributed by atoms with Crippen LogP contribution in [0.5, 0.6) is 11.8 Å². The van der Waals surface area contributed by atoms with Crippen LogP contribution in [0.1, 0.15) is 54.4 Å². The van der Waals surface area contributed by atoms with Gasteiger partial charge in [-0.1, -0.05) is 38.1 Å². The van der Waals surface area contributed by atoms with Gasteiger partial charge < -0.3 is 10.1 Å². The molecule has 31 heavy (non-hydrogen) atoms. The molecule has 0 aliphatic heterocycles. The second-order valence-corrected chi connectivity index (χ2v) is 8.01. The van der Waals surface area contributed by atoms with Crippen LogP contribution in [0, 0.1) is 12.8 Å². The van der Waals surface area contributed by atoms with Gasteiger partial charge >= 0.3 is 0 Å². The first-order valence-corrected chi connectivity index (χ1v) is 11.0. The molecular weight excluding hydrogens is 391 g/mol. The number of ether oxygens (including phenoxy) is 1. The molecule has 0 unspecified atom stereocenters. The Balaban J connectivity index is 1.66. The molecule has 0 fully saturated rings. The topological polar surface area (TPSA) is 59.9 Å². The van der Waals surface area contributed by atoms with Gasteiger partial charge in [-0.25, -0.2) is 15.0 Å². The van der Waals surface area contributed by atoms with Crippen molar-refractivity contribution >= 4 is 5.82 Å². The number of pyridine rings is 1. The number of hydrogen-bond donors (Lipinski definition) is 1. The molecule has 6 heteroatoms. The van der Waals surface area contributed by atoms with Crippen molar-refractivity contribution < 1.29 is 9.13 Å². The zero-order valence-corrected chi connectivity index (χ0v) is 18.4. The molecule has 2 aromatic heterocycles. The monoisotopic (exact) mass is 420 g/mol. The Morgan fingerprint density at radius 1 is 1.10 bits per heavy atom. The lowest BCUT2D eigenvalue weighted by Gasteiger charge is -2.23. The van der Waals surface area contributed by atoms with Gasteiger partial charge in [0, 0.05) is 12.3 Å². The molecule has 2 atom stereocenters. The molecule has 0 spiro atoms. The highest BCUT2D eigenvalue weighted by atomic mass is 19.1. The number of alkyl halides is 1. The average Bonchev–Trinajstić information content (AvgIpc) is 3.12. The van der Waals surface area contributed by atoms with Gasteiger partial charge in [0.1, 0.15) is 11.5 Å². The van der Waals surface area contributed by atoms with E-state index in [0.717, 1.165) is 29.2 Å². The zero-order chi connectivity index (χ0) is 21.8. The van der Waals surface area contributed by atoms with Gasteiger partial charge in [-0.05, 0) is 61.3 Å². The molecule has 1 N–H and O–H groups in total. The van der Waals surface area contributed by atoms with Crippen LogP contribution in [0.3, 0.4) is 0 Å². The van der Waals surface area contributed by atoms with Gasteiger partial charge in [0.15, 0.2) is 0 Å². The Morgan fingerprint density at radius 3 is 2.65 bits per heavy atom. The van der Waals surface area contributed by atoms with Gasteiger partial charge in [0.05, 0.1) is 18.4 Å². The summed E-state index contributed by atoms with van der Waals surface area (Å²) in [6, 6.07) is 12.2. The van der Waals surface area contributed by atoms with E-state index in [1.54, 1.807) is 6.20 Å². The Hall–Kier alpha value is -3.02. The zero-order valence-electron chi connectivity index (χ0n) is 18.4. The summed E-state index contributed by atoms with van der Waals surface area (Å²) in [6.45, 7) is 5.77. The first-order valence-electron chi connectivity index (χ1n) is 11.0. The molecule has 5 nitrogen and oxygen atoms in total. The molecule has 1 aliphatic carbocycles. The minimum Gasteiger partial charge on any atom is -0.419 e. The van der Waals surface area contributed by atoms with E-state index in [0.29, 0.717) is 31.0 Å². The summed E-state index contributed by atoms with van der Waals surface area (Å²) in [5, 5.41) is 3.61. The summed E-state index contributed by atoms with van der Waals surface area (Å²) < 4.78 is 19.3. The predicted molar refractivity (Wildman–Crippen MR) is 120 cm³/mol. The Bertz CT molecular complexity index is 1060. The number of rotatable bonds is 8. The van der Waals surface area contributed by atoms with Gasteiger partial charge in [-0.2, -0.15) is 0 Å². The summed E-state index contributed by atoms with van der Waals surface area (Å²) in [6.07, 6.45) is 4.53. The Kier molecular flexibility index (Phi) is 6.44. The SMILES string of the molecule is CCc1nc(Oc2cc(C)ccn2)c(CC)nc1N[C@H]1c2ccccc2C[C@H]1CCF. The number of nitrogens with one attached hydrogen (secondary N) is 1. The van der Waals surface area contributed by atoms with Gasteiger partial charge in [0.2, 0.25) is 11.8 Å². The third-order valence-corrected chi connectivity index (χ3v) is 5.88. The van der Waals surface area contributed by atoms with E-state index in [-0.39, 0.29) is 18.6 Å². The third kappa shape index (κ3) is 4.53. The summed E-state index contributed by atoms with van der Waals surface area (Å²) in [7, 11) is 0. The van der Waals surface area contributed by atoms with Gasteiger partial charge in [0.25, 0.3) is 0 Å². The fourth-order valence-corrected chi connectivity index (χ4v) is 4.25. The quantitative estimate of drug-likeness (QED) is 0.500. The molecule has 0 saturated heterocycles. The van der Waals surface area contributed by atoms with E-state index in [1.165, 1.54) is 11.1 Å². The van der Waals surface area contributed by atoms with Crippen molar-refractivity contribution in [1.29, 1.82) is 0 Å². The highest BCUT2D eigenvalue weighted by Crippen LogP contribution is 2.40. The largest absolute Gasteiger partial charge is 0.419 e. The van der Waals surface area contributed by atoms with Gasteiger partial charge in [-0.3, -0.25) is 4.39 Å². The lowest BCUT2D eigenvalue weighted by atomic mass is 9.97. The second-order valence-electron chi connectivity index (χ2n) is 8.01. The number of halogens is 1. The number of benzene rings is 1. The van der Waals surface area contributed by atoms with E-state index in [2.05, 4.69) is 29.4 Å². The van der Waals surface area contributed by atoms with Crippen molar-refractivity contribution in [2.24, 2.45) is 5.92 Å². The molecule has 0 saturated carbocycles. The number of aromatic nitrogens is 3. The van der Waals surface area contributed by atoms with Crippen LogP contribution in [0.25, 0.3) is 0 Å². The molecular formula is C25H29FN4O. The highest BCUT2D eigenvalue weighted by Gasteiger charge is 2.33. The second kappa shape index (κ2) is 9.41. The summed E-state index contributed by atoms with van der Waals surface area (Å²) >= 11 is 0. The summed E-state index contributed by atoms with van der Waals surface area (Å²) in [5.41, 5.74) is 5.20. The molecule has 4 rings (SSSR count). The normalized spacial score (nSPS) is 17.4. The molecule has 3 aromatic rings. The Labute approximate surface area is 183 Å². The minimum atomic E-state index is -0.320. The standard InChI is InChI=1S/C25H29FN4O/c1-4-20-24(30-23-18(10-12-26)15-17-8-6-7-9-19(17)23)28-21(5-2)25(29-20)31-22-14-16(3)11-13-27-22/h6-9,11,13-14,18,23H,4-5,10,12,15H2,1-3H3,(H,28,30)/t18-,23-/m1/s1. The minimum absolute atomic E-state index is 0.0291. The summed E-state index contributed by atoms with van der Waals surface area (Å²) in [5.74, 6) is 1.97. The van der Waals surface area contributed by atoms with Crippen LogP contribution in [0.4, 0.5) is 10.2 Å². The van der Waals surface area contributed by atoms with E-state index >= 15 is 0 Å². The first-order chi connectivity index (χ1) is 15.1. The van der Waals surface area contributed by atoms with E-state index in [1.807, 2.05) is 38.1 Å². The van der Waals surface area contributed by atoms with E-state index in [9.17, 15) is 4.39 Å². The fourth-order valence-electron chi connectivity index (χ4n) is 4.25. The summed E-state index contributed by atoms with van der Waals surface area (Å²) in [4.78, 5) is 14.0. The lowest BCUT2D eigenvalue weighted by Crippen LogP contribution is -2.20. The van der Waals surface area contributed by atoms with Crippen LogP contribution in [-0.2, 0) is 19.3 Å². The lowest BCUT2D eigenvalue weighted by molar-refractivity contribution is 0.370. The number of hydrogen-bond acceptors (Lipinski definition) is 5. The smallest absolute Gasteiger partial charge is 0.243 e. The maximum atomic E-state index is 13.3. The molecule has 1 aliphatic rings. The van der Waals surface area contributed by atoms with Crippen molar-refractivity contribution in [3.63, 3.8) is 0 Å². The van der Waals surface area contributed by atoms with E-state index < -0.39 is 0 Å². The van der Waals surface area contributed by atoms with Crippen molar-refractivity contribution in [2.75, 3.05) is 12.0 Å². The number of anilines is 1. The van der Waals surface area contributed by atoms with Crippen LogP contribution in [0.2, 0.25) is 0 Å². The maximum absolute atomic E-state index is 13.3. The molecule has 0 radical (unpaired) electrons. The van der Waals surface area contributed by atoms with Crippen LogP contribution in [0.15, 0.2) is 42.6 Å². The van der Waals surface area contributed by atoms with Crippen molar-refractivity contribution in [2.45, 2.75) is 52.5 Å². The van der Waals surface area contributed by atoms with Crippen LogP contribution in [-0.4, -0.2) is 21.6 Å². The molecule has 0 bridgehead atoms. The van der Waals surface area contributed by atoms with Gasteiger partial charge in [-0.15, -0.1) is 0 Å². The number of fused-ring (bicyclic) bond motifs is 1. The highest BCUT2D eigenvalue weighted by molar-refractivity contribution is 5.49. The average molecular weight is 421 g/mol. The molecule has 1 aromatic carbocycles.